The lowest BCUT2D eigenvalue weighted by atomic mass is 9.80. The molecule has 0 aliphatic rings. The molecule has 0 aliphatic heterocycles. The molecule has 0 aliphatic carbocycles. The zero-order valence-corrected chi connectivity index (χ0v) is 11.2. The van der Waals surface area contributed by atoms with Crippen molar-refractivity contribution < 1.29 is 9.84 Å². The SMILES string of the molecule is CCC(O)(c1cccc(OC)c1)C(C)CNC. The van der Waals surface area contributed by atoms with E-state index in [1.807, 2.05) is 38.2 Å². The molecule has 0 heterocycles. The molecular weight excluding hydrogens is 214 g/mol. The van der Waals surface area contributed by atoms with Crippen molar-refractivity contribution in [1.82, 2.24) is 5.32 Å². The molecule has 96 valence electrons. The summed E-state index contributed by atoms with van der Waals surface area (Å²) in [5.74, 6) is 0.927. The van der Waals surface area contributed by atoms with Crippen LogP contribution < -0.4 is 10.1 Å². The van der Waals surface area contributed by atoms with Gasteiger partial charge >= 0.3 is 0 Å². The molecule has 2 N–H and O–H groups in total. The van der Waals surface area contributed by atoms with Gasteiger partial charge in [-0.3, -0.25) is 0 Å². The molecule has 0 amide bonds. The zero-order valence-electron chi connectivity index (χ0n) is 11.2. The van der Waals surface area contributed by atoms with E-state index in [1.54, 1.807) is 7.11 Å². The van der Waals surface area contributed by atoms with Crippen LogP contribution >= 0.6 is 0 Å². The average molecular weight is 237 g/mol. The van der Waals surface area contributed by atoms with Gasteiger partial charge < -0.3 is 15.2 Å². The molecule has 2 unspecified atom stereocenters. The van der Waals surface area contributed by atoms with Gasteiger partial charge in [-0.1, -0.05) is 26.0 Å². The molecule has 3 heteroatoms. The highest BCUT2D eigenvalue weighted by molar-refractivity contribution is 5.32. The van der Waals surface area contributed by atoms with Crippen molar-refractivity contribution in [2.45, 2.75) is 25.9 Å². The van der Waals surface area contributed by atoms with Crippen molar-refractivity contribution >= 4 is 0 Å². The zero-order chi connectivity index (χ0) is 12.9. The third kappa shape index (κ3) is 2.99. The van der Waals surface area contributed by atoms with E-state index in [0.717, 1.165) is 17.9 Å². The van der Waals surface area contributed by atoms with Crippen LogP contribution in [0.3, 0.4) is 0 Å². The lowest BCUT2D eigenvalue weighted by Crippen LogP contribution is -2.38. The minimum atomic E-state index is -0.808. The van der Waals surface area contributed by atoms with Gasteiger partial charge in [-0.2, -0.15) is 0 Å². The van der Waals surface area contributed by atoms with Crippen LogP contribution in [0.2, 0.25) is 0 Å². The summed E-state index contributed by atoms with van der Waals surface area (Å²) in [6, 6.07) is 7.68. The van der Waals surface area contributed by atoms with Gasteiger partial charge in [-0.25, -0.2) is 0 Å². The van der Waals surface area contributed by atoms with Gasteiger partial charge in [-0.15, -0.1) is 0 Å². The Kier molecular flexibility index (Phi) is 4.97. The Labute approximate surface area is 104 Å². The Morgan fingerprint density at radius 2 is 2.18 bits per heavy atom. The predicted octanol–water partition coefficient (Wildman–Crippen LogP) is 2.15. The van der Waals surface area contributed by atoms with Crippen molar-refractivity contribution in [3.63, 3.8) is 0 Å². The van der Waals surface area contributed by atoms with Crippen LogP contribution in [0, 0.1) is 5.92 Å². The topological polar surface area (TPSA) is 41.5 Å². The van der Waals surface area contributed by atoms with Crippen molar-refractivity contribution in [2.24, 2.45) is 5.92 Å². The molecule has 1 rings (SSSR count). The van der Waals surface area contributed by atoms with Crippen LogP contribution in [0.1, 0.15) is 25.8 Å². The molecule has 0 aromatic heterocycles. The summed E-state index contributed by atoms with van der Waals surface area (Å²) in [5.41, 5.74) is 0.111. The first-order valence-electron chi connectivity index (χ1n) is 6.10. The molecular formula is C14H23NO2. The number of aliphatic hydroxyl groups is 1. The minimum absolute atomic E-state index is 0.143. The van der Waals surface area contributed by atoms with Crippen molar-refractivity contribution in [3.05, 3.63) is 29.8 Å². The Morgan fingerprint density at radius 1 is 1.47 bits per heavy atom. The Balaban J connectivity index is 3.05. The highest BCUT2D eigenvalue weighted by Gasteiger charge is 2.33. The fourth-order valence-corrected chi connectivity index (χ4v) is 2.20. The number of nitrogens with one attached hydrogen (secondary N) is 1. The first kappa shape index (κ1) is 14.0. The number of benzene rings is 1. The largest absolute Gasteiger partial charge is 0.497 e. The smallest absolute Gasteiger partial charge is 0.119 e. The van der Waals surface area contributed by atoms with Crippen LogP contribution in [-0.2, 0) is 5.60 Å². The van der Waals surface area contributed by atoms with Crippen molar-refractivity contribution in [2.75, 3.05) is 20.7 Å². The van der Waals surface area contributed by atoms with Gasteiger partial charge in [0.25, 0.3) is 0 Å². The minimum Gasteiger partial charge on any atom is -0.497 e. The van der Waals surface area contributed by atoms with Crippen LogP contribution in [0.15, 0.2) is 24.3 Å². The van der Waals surface area contributed by atoms with E-state index in [9.17, 15) is 5.11 Å². The first-order chi connectivity index (χ1) is 8.08. The molecule has 0 spiro atoms. The molecule has 0 bridgehead atoms. The number of hydrogen-bond donors (Lipinski definition) is 2. The summed E-state index contributed by atoms with van der Waals surface area (Å²) in [7, 11) is 3.54. The van der Waals surface area contributed by atoms with Gasteiger partial charge in [0, 0.05) is 12.5 Å². The van der Waals surface area contributed by atoms with Crippen LogP contribution in [0.25, 0.3) is 0 Å². The molecule has 17 heavy (non-hydrogen) atoms. The van der Waals surface area contributed by atoms with E-state index in [4.69, 9.17) is 4.74 Å². The summed E-state index contributed by atoms with van der Waals surface area (Å²) in [4.78, 5) is 0. The van der Waals surface area contributed by atoms with E-state index in [-0.39, 0.29) is 5.92 Å². The Bertz CT molecular complexity index is 354. The van der Waals surface area contributed by atoms with Gasteiger partial charge in [0.1, 0.15) is 5.75 Å². The second-order valence-electron chi connectivity index (χ2n) is 4.47. The van der Waals surface area contributed by atoms with Crippen LogP contribution in [0.4, 0.5) is 0 Å². The van der Waals surface area contributed by atoms with E-state index in [1.165, 1.54) is 0 Å². The van der Waals surface area contributed by atoms with Gasteiger partial charge in [0.05, 0.1) is 12.7 Å². The summed E-state index contributed by atoms with van der Waals surface area (Å²) in [5, 5.41) is 13.9. The van der Waals surface area contributed by atoms with Crippen molar-refractivity contribution in [3.8, 4) is 5.75 Å². The lowest BCUT2D eigenvalue weighted by Gasteiger charge is -2.34. The number of methoxy groups -OCH3 is 1. The average Bonchev–Trinajstić information content (AvgIpc) is 2.38. The summed E-state index contributed by atoms with van der Waals surface area (Å²) < 4.78 is 5.21. The highest BCUT2D eigenvalue weighted by atomic mass is 16.5. The second kappa shape index (κ2) is 6.03. The Morgan fingerprint density at radius 3 is 2.71 bits per heavy atom. The molecule has 2 atom stereocenters. The van der Waals surface area contributed by atoms with E-state index >= 15 is 0 Å². The lowest BCUT2D eigenvalue weighted by molar-refractivity contribution is -0.0201. The standard InChI is InChI=1S/C14H23NO2/c1-5-14(16,11(2)10-15-3)12-7-6-8-13(9-12)17-4/h6-9,11,15-16H,5,10H2,1-4H3. The maximum absolute atomic E-state index is 10.8. The molecule has 0 fully saturated rings. The number of hydrogen-bond acceptors (Lipinski definition) is 3. The fraction of sp³-hybridized carbons (Fsp3) is 0.571. The van der Waals surface area contributed by atoms with Crippen LogP contribution in [-0.4, -0.2) is 25.8 Å². The maximum Gasteiger partial charge on any atom is 0.119 e. The molecule has 0 saturated carbocycles. The molecule has 0 saturated heterocycles. The number of rotatable bonds is 6. The summed E-state index contributed by atoms with van der Waals surface area (Å²) in [6.45, 7) is 4.84. The van der Waals surface area contributed by atoms with E-state index in [0.29, 0.717) is 6.42 Å². The predicted molar refractivity (Wildman–Crippen MR) is 70.3 cm³/mol. The number of ether oxygens (including phenoxy) is 1. The molecule has 0 radical (unpaired) electrons. The van der Waals surface area contributed by atoms with Gasteiger partial charge in [-0.05, 0) is 31.2 Å². The Hall–Kier alpha value is -1.06. The molecule has 1 aromatic carbocycles. The molecule has 1 aromatic rings. The summed E-state index contributed by atoms with van der Waals surface area (Å²) in [6.07, 6.45) is 0.684. The normalized spacial score (nSPS) is 16.3. The fourth-order valence-electron chi connectivity index (χ4n) is 2.20. The highest BCUT2D eigenvalue weighted by Crippen LogP contribution is 2.34. The van der Waals surface area contributed by atoms with E-state index in [2.05, 4.69) is 12.2 Å². The van der Waals surface area contributed by atoms with Gasteiger partial charge in [0.2, 0.25) is 0 Å². The van der Waals surface area contributed by atoms with Gasteiger partial charge in [0.15, 0.2) is 0 Å². The third-order valence-electron chi connectivity index (χ3n) is 3.43. The maximum atomic E-state index is 10.8. The quantitative estimate of drug-likeness (QED) is 0.796. The first-order valence-corrected chi connectivity index (χ1v) is 6.10. The third-order valence-corrected chi connectivity index (χ3v) is 3.43. The monoisotopic (exact) mass is 237 g/mol. The van der Waals surface area contributed by atoms with Crippen molar-refractivity contribution in [1.29, 1.82) is 0 Å². The second-order valence-corrected chi connectivity index (χ2v) is 4.47. The summed E-state index contributed by atoms with van der Waals surface area (Å²) >= 11 is 0. The van der Waals surface area contributed by atoms with E-state index < -0.39 is 5.60 Å². The van der Waals surface area contributed by atoms with Crippen LogP contribution in [0.5, 0.6) is 5.75 Å². The molecule has 3 nitrogen and oxygen atoms in total.